The summed E-state index contributed by atoms with van der Waals surface area (Å²) in [6, 6.07) is 19.5. The number of sulfonamides is 1. The molecule has 0 aromatic heterocycles. The number of nitrogens with one attached hydrogen (secondary N) is 1. The van der Waals surface area contributed by atoms with Crippen molar-refractivity contribution in [3.8, 4) is 0 Å². The second-order valence-electron chi connectivity index (χ2n) is 9.62. The lowest BCUT2D eigenvalue weighted by atomic mass is 10.0. The maximum atomic E-state index is 13.6. The standard InChI is InChI=1S/C29H34ClN3O3S/c1-22-10-13-27(18-23(22)2)33(37(35,36)28-14-11-26(30)12-15-28)21-29(34)31-19-24-8-4-5-9-25(24)20-32-16-6-3-7-17-32/h4-5,8-15,18H,3,6-7,16-17,19-21H2,1-2H3,(H,31,34). The summed E-state index contributed by atoms with van der Waals surface area (Å²) >= 11 is 5.98. The SMILES string of the molecule is Cc1ccc(N(CC(=O)NCc2ccccc2CN2CCCCC2)S(=O)(=O)c2ccc(Cl)cc2)cc1C. The minimum absolute atomic E-state index is 0.0785. The smallest absolute Gasteiger partial charge is 0.264 e. The third-order valence-corrected chi connectivity index (χ3v) is 8.94. The second-order valence-corrected chi connectivity index (χ2v) is 11.9. The van der Waals surface area contributed by atoms with E-state index in [9.17, 15) is 13.2 Å². The van der Waals surface area contributed by atoms with Crippen LogP contribution in [0.25, 0.3) is 0 Å². The Bertz CT molecular complexity index is 1340. The Labute approximate surface area is 225 Å². The van der Waals surface area contributed by atoms with Crippen LogP contribution in [0.2, 0.25) is 5.02 Å². The van der Waals surface area contributed by atoms with Crippen LogP contribution in [0.15, 0.2) is 71.6 Å². The number of benzene rings is 3. The minimum atomic E-state index is -4.00. The lowest BCUT2D eigenvalue weighted by molar-refractivity contribution is -0.119. The average Bonchev–Trinajstić information content (AvgIpc) is 2.89. The number of amides is 1. The molecule has 1 aliphatic rings. The first-order valence-electron chi connectivity index (χ1n) is 12.7. The van der Waals surface area contributed by atoms with Crippen molar-refractivity contribution in [3.05, 3.63) is 94.0 Å². The maximum Gasteiger partial charge on any atom is 0.264 e. The van der Waals surface area contributed by atoms with Crippen LogP contribution in [0.4, 0.5) is 5.69 Å². The summed E-state index contributed by atoms with van der Waals surface area (Å²) in [4.78, 5) is 15.7. The lowest BCUT2D eigenvalue weighted by Crippen LogP contribution is -2.41. The third kappa shape index (κ3) is 6.92. The van der Waals surface area contributed by atoms with Gasteiger partial charge in [-0.25, -0.2) is 8.42 Å². The number of aryl methyl sites for hydroxylation is 2. The van der Waals surface area contributed by atoms with Gasteiger partial charge >= 0.3 is 0 Å². The molecule has 0 unspecified atom stereocenters. The normalized spacial score (nSPS) is 14.4. The Morgan fingerprint density at radius 3 is 2.27 bits per heavy atom. The van der Waals surface area contributed by atoms with Crippen molar-refractivity contribution in [1.82, 2.24) is 10.2 Å². The highest BCUT2D eigenvalue weighted by atomic mass is 35.5. The van der Waals surface area contributed by atoms with Crippen molar-refractivity contribution in [2.75, 3.05) is 23.9 Å². The van der Waals surface area contributed by atoms with Gasteiger partial charge in [-0.3, -0.25) is 14.0 Å². The number of rotatable bonds is 9. The van der Waals surface area contributed by atoms with E-state index in [4.69, 9.17) is 11.6 Å². The molecule has 0 bridgehead atoms. The van der Waals surface area contributed by atoms with Gasteiger partial charge < -0.3 is 5.32 Å². The van der Waals surface area contributed by atoms with Gasteiger partial charge in [-0.15, -0.1) is 0 Å². The van der Waals surface area contributed by atoms with Crippen molar-refractivity contribution >= 4 is 33.2 Å². The summed E-state index contributed by atoms with van der Waals surface area (Å²) in [5.74, 6) is -0.372. The topological polar surface area (TPSA) is 69.7 Å². The molecule has 196 valence electrons. The predicted molar refractivity (Wildman–Crippen MR) is 149 cm³/mol. The zero-order chi connectivity index (χ0) is 26.4. The third-order valence-electron chi connectivity index (χ3n) is 6.90. The average molecular weight is 540 g/mol. The van der Waals surface area contributed by atoms with E-state index in [0.717, 1.165) is 40.6 Å². The fourth-order valence-electron chi connectivity index (χ4n) is 4.55. The molecular weight excluding hydrogens is 506 g/mol. The summed E-state index contributed by atoms with van der Waals surface area (Å²) in [6.07, 6.45) is 3.72. The molecule has 0 atom stereocenters. The predicted octanol–water partition coefficient (Wildman–Crippen LogP) is 5.45. The van der Waals surface area contributed by atoms with Crippen LogP contribution in [-0.2, 0) is 27.9 Å². The van der Waals surface area contributed by atoms with Gasteiger partial charge in [0.15, 0.2) is 0 Å². The van der Waals surface area contributed by atoms with Gasteiger partial charge in [-0.05, 0) is 98.4 Å². The fraction of sp³-hybridized carbons (Fsp3) is 0.345. The molecular formula is C29H34ClN3O3S. The summed E-state index contributed by atoms with van der Waals surface area (Å²) in [7, 11) is -4.00. The maximum absolute atomic E-state index is 13.6. The number of hydrogen-bond acceptors (Lipinski definition) is 4. The number of nitrogens with zero attached hydrogens (tertiary/aromatic N) is 2. The fourth-order valence-corrected chi connectivity index (χ4v) is 6.09. The molecule has 8 heteroatoms. The van der Waals surface area contributed by atoms with Crippen LogP contribution in [0, 0.1) is 13.8 Å². The van der Waals surface area contributed by atoms with Gasteiger partial charge in [0.25, 0.3) is 10.0 Å². The second kappa shape index (κ2) is 12.1. The molecule has 1 fully saturated rings. The molecule has 0 saturated carbocycles. The highest BCUT2D eigenvalue weighted by Gasteiger charge is 2.27. The largest absolute Gasteiger partial charge is 0.350 e. The van der Waals surface area contributed by atoms with Crippen molar-refractivity contribution < 1.29 is 13.2 Å². The molecule has 0 radical (unpaired) electrons. The van der Waals surface area contributed by atoms with E-state index < -0.39 is 10.0 Å². The van der Waals surface area contributed by atoms with E-state index in [-0.39, 0.29) is 17.3 Å². The quantitative estimate of drug-likeness (QED) is 0.392. The zero-order valence-electron chi connectivity index (χ0n) is 21.4. The highest BCUT2D eigenvalue weighted by Crippen LogP contribution is 2.26. The molecule has 0 spiro atoms. The summed E-state index contributed by atoms with van der Waals surface area (Å²) < 4.78 is 28.4. The Morgan fingerprint density at radius 1 is 0.919 bits per heavy atom. The molecule has 37 heavy (non-hydrogen) atoms. The number of anilines is 1. The number of piperidine rings is 1. The monoisotopic (exact) mass is 539 g/mol. The van der Waals surface area contributed by atoms with Crippen LogP contribution >= 0.6 is 11.6 Å². The van der Waals surface area contributed by atoms with Gasteiger partial charge in [0.2, 0.25) is 5.91 Å². The van der Waals surface area contributed by atoms with Gasteiger partial charge in [0.1, 0.15) is 6.54 Å². The Morgan fingerprint density at radius 2 is 1.59 bits per heavy atom. The van der Waals surface area contributed by atoms with Crippen LogP contribution in [-0.4, -0.2) is 38.9 Å². The molecule has 1 saturated heterocycles. The van der Waals surface area contributed by atoms with E-state index in [2.05, 4.69) is 16.3 Å². The number of carbonyl (C=O) groups excluding carboxylic acids is 1. The summed E-state index contributed by atoms with van der Waals surface area (Å²) in [5, 5.41) is 3.39. The summed E-state index contributed by atoms with van der Waals surface area (Å²) in [6.45, 7) is 6.93. The Balaban J connectivity index is 1.52. The van der Waals surface area contributed by atoms with Crippen molar-refractivity contribution in [2.24, 2.45) is 0 Å². The Hall–Kier alpha value is -2.87. The molecule has 4 rings (SSSR count). The molecule has 6 nitrogen and oxygen atoms in total. The molecule has 3 aromatic carbocycles. The molecule has 3 aromatic rings. The van der Waals surface area contributed by atoms with Crippen LogP contribution in [0.5, 0.6) is 0 Å². The van der Waals surface area contributed by atoms with Crippen molar-refractivity contribution in [1.29, 1.82) is 0 Å². The van der Waals surface area contributed by atoms with Gasteiger partial charge in [-0.2, -0.15) is 0 Å². The molecule has 1 amide bonds. The molecule has 0 aliphatic carbocycles. The van der Waals surface area contributed by atoms with E-state index in [0.29, 0.717) is 17.3 Å². The first kappa shape index (κ1) is 27.2. The van der Waals surface area contributed by atoms with E-state index >= 15 is 0 Å². The van der Waals surface area contributed by atoms with Crippen molar-refractivity contribution in [3.63, 3.8) is 0 Å². The molecule has 1 aliphatic heterocycles. The van der Waals surface area contributed by atoms with Crippen LogP contribution in [0.3, 0.4) is 0 Å². The van der Waals surface area contributed by atoms with E-state index in [1.54, 1.807) is 12.1 Å². The van der Waals surface area contributed by atoms with E-state index in [1.165, 1.54) is 49.1 Å². The minimum Gasteiger partial charge on any atom is -0.350 e. The van der Waals surface area contributed by atoms with Gasteiger partial charge in [0, 0.05) is 18.1 Å². The number of likely N-dealkylation sites (tertiary alicyclic amines) is 1. The number of halogens is 1. The highest BCUT2D eigenvalue weighted by molar-refractivity contribution is 7.92. The Kier molecular flexibility index (Phi) is 8.90. The molecule has 1 N–H and O–H groups in total. The number of hydrogen-bond donors (Lipinski definition) is 1. The first-order valence-corrected chi connectivity index (χ1v) is 14.5. The first-order chi connectivity index (χ1) is 17.7. The lowest BCUT2D eigenvalue weighted by Gasteiger charge is -2.27. The molecule has 1 heterocycles. The number of carbonyl (C=O) groups is 1. The van der Waals surface area contributed by atoms with Gasteiger partial charge in [-0.1, -0.05) is 48.4 Å². The van der Waals surface area contributed by atoms with Crippen LogP contribution in [0.1, 0.15) is 41.5 Å². The van der Waals surface area contributed by atoms with Crippen molar-refractivity contribution in [2.45, 2.75) is 51.1 Å². The summed E-state index contributed by atoms with van der Waals surface area (Å²) in [5.41, 5.74) is 4.66. The van der Waals surface area contributed by atoms with E-state index in [1.807, 2.05) is 38.1 Å². The van der Waals surface area contributed by atoms with Gasteiger partial charge in [0.05, 0.1) is 10.6 Å². The van der Waals surface area contributed by atoms with Crippen LogP contribution < -0.4 is 9.62 Å². The zero-order valence-corrected chi connectivity index (χ0v) is 23.0.